The highest BCUT2D eigenvalue weighted by molar-refractivity contribution is 5.68. The molecule has 1 aromatic carbocycles. The van der Waals surface area contributed by atoms with Gasteiger partial charge in [-0.1, -0.05) is 84.3 Å². The van der Waals surface area contributed by atoms with Crippen molar-refractivity contribution < 1.29 is 14.3 Å². The Morgan fingerprint density at radius 1 is 0.927 bits per heavy atom. The van der Waals surface area contributed by atoms with Gasteiger partial charge in [0.25, 0.3) is 5.56 Å². The fourth-order valence-corrected chi connectivity index (χ4v) is 4.60. The van der Waals surface area contributed by atoms with Crippen LogP contribution in [0.25, 0.3) is 0 Å². The minimum Gasteiger partial charge on any atom is -0.487 e. The summed E-state index contributed by atoms with van der Waals surface area (Å²) in [5.41, 5.74) is 0.472. The van der Waals surface area contributed by atoms with Crippen LogP contribution in [0.5, 0.6) is 5.75 Å². The van der Waals surface area contributed by atoms with E-state index in [1.807, 2.05) is 31.2 Å². The maximum absolute atomic E-state index is 13.2. The number of nitrogens with zero attached hydrogens (tertiary/aromatic N) is 3. The van der Waals surface area contributed by atoms with Crippen LogP contribution >= 0.6 is 0 Å². The minimum absolute atomic E-state index is 0.213. The SMILES string of the molecule is CCCCCCCn1nc(NCCCc2cccc(OC(C)COC(=O)CC)c2)c(=O)n(CCCCCCC)c1=O. The lowest BCUT2D eigenvalue weighted by Crippen LogP contribution is -2.43. The van der Waals surface area contributed by atoms with Gasteiger partial charge in [0.1, 0.15) is 18.5 Å². The van der Waals surface area contributed by atoms with Crippen molar-refractivity contribution in [3.05, 3.63) is 50.7 Å². The molecular weight excluding hydrogens is 520 g/mol. The number of nitrogens with one attached hydrogen (secondary N) is 1. The molecule has 0 spiro atoms. The van der Waals surface area contributed by atoms with Crippen LogP contribution in [0.4, 0.5) is 5.82 Å². The highest BCUT2D eigenvalue weighted by Crippen LogP contribution is 2.16. The van der Waals surface area contributed by atoms with E-state index in [0.29, 0.717) is 26.1 Å². The monoisotopic (exact) mass is 572 g/mol. The molecule has 2 aromatic rings. The number of unbranched alkanes of at least 4 members (excludes halogenated alkanes) is 8. The number of hydrogen-bond donors (Lipinski definition) is 1. The molecule has 0 amide bonds. The maximum atomic E-state index is 13.2. The molecule has 0 saturated heterocycles. The lowest BCUT2D eigenvalue weighted by atomic mass is 10.1. The summed E-state index contributed by atoms with van der Waals surface area (Å²) in [6, 6.07) is 7.86. The Morgan fingerprint density at radius 3 is 2.29 bits per heavy atom. The molecule has 0 bridgehead atoms. The van der Waals surface area contributed by atoms with Gasteiger partial charge in [0.2, 0.25) is 5.82 Å². The van der Waals surface area contributed by atoms with Crippen molar-refractivity contribution in [2.45, 2.75) is 130 Å². The highest BCUT2D eigenvalue weighted by atomic mass is 16.6. The summed E-state index contributed by atoms with van der Waals surface area (Å²) in [7, 11) is 0. The van der Waals surface area contributed by atoms with Gasteiger partial charge in [-0.15, -0.1) is 5.10 Å². The predicted octanol–water partition coefficient (Wildman–Crippen LogP) is 6.11. The Morgan fingerprint density at radius 2 is 1.61 bits per heavy atom. The number of carbonyl (C=O) groups excluding carboxylic acids is 1. The molecule has 230 valence electrons. The van der Waals surface area contributed by atoms with Crippen LogP contribution in [0.3, 0.4) is 0 Å². The van der Waals surface area contributed by atoms with Crippen LogP contribution in [0.15, 0.2) is 33.9 Å². The van der Waals surface area contributed by atoms with Gasteiger partial charge >= 0.3 is 11.7 Å². The van der Waals surface area contributed by atoms with Gasteiger partial charge in [0.05, 0.1) is 0 Å². The number of carbonyl (C=O) groups is 1. The molecule has 0 saturated carbocycles. The molecule has 0 aliphatic heterocycles. The quantitative estimate of drug-likeness (QED) is 0.134. The summed E-state index contributed by atoms with van der Waals surface area (Å²) in [5, 5.41) is 7.65. The summed E-state index contributed by atoms with van der Waals surface area (Å²) in [6.45, 7) is 9.71. The van der Waals surface area contributed by atoms with Gasteiger partial charge in [-0.2, -0.15) is 0 Å². The molecule has 0 fully saturated rings. The van der Waals surface area contributed by atoms with Gasteiger partial charge in [-0.05, 0) is 50.3 Å². The van der Waals surface area contributed by atoms with Gasteiger partial charge in [0, 0.05) is 26.1 Å². The second kappa shape index (κ2) is 19.9. The molecular formula is C32H52N4O5. The van der Waals surface area contributed by atoms with Crippen LogP contribution in [0.1, 0.15) is 110 Å². The number of benzene rings is 1. The zero-order chi connectivity index (χ0) is 29.9. The van der Waals surface area contributed by atoms with Crippen molar-refractivity contribution in [3.8, 4) is 5.75 Å². The van der Waals surface area contributed by atoms with Crippen LogP contribution < -0.4 is 21.3 Å². The Hall–Kier alpha value is -3.10. The van der Waals surface area contributed by atoms with Crippen LogP contribution in [-0.4, -0.2) is 39.6 Å². The third-order valence-electron chi connectivity index (χ3n) is 7.02. The zero-order valence-corrected chi connectivity index (χ0v) is 25.8. The molecule has 0 aliphatic carbocycles. The molecule has 1 N–H and O–H groups in total. The van der Waals surface area contributed by atoms with E-state index in [2.05, 4.69) is 24.3 Å². The minimum atomic E-state index is -0.333. The molecule has 41 heavy (non-hydrogen) atoms. The average Bonchev–Trinajstić information content (AvgIpc) is 2.97. The smallest absolute Gasteiger partial charge is 0.347 e. The van der Waals surface area contributed by atoms with Crippen molar-refractivity contribution in [2.75, 3.05) is 18.5 Å². The van der Waals surface area contributed by atoms with E-state index in [1.54, 1.807) is 6.92 Å². The third kappa shape index (κ3) is 13.0. The standard InChI is InChI=1S/C32H52N4O5/c1-5-8-10-12-14-22-35-31(38)30(34-36(32(35)39)23-15-13-11-9-6-2)33-21-17-19-27-18-16-20-28(24-27)41-26(4)25-40-29(37)7-3/h16,18,20,24,26H,5-15,17,19,21-23,25H2,1-4H3,(H,33,34). The molecule has 9 nitrogen and oxygen atoms in total. The summed E-state index contributed by atoms with van der Waals surface area (Å²) in [6.07, 6.45) is 12.3. The summed E-state index contributed by atoms with van der Waals surface area (Å²) >= 11 is 0. The van der Waals surface area contributed by atoms with Gasteiger partial charge in [-0.25, -0.2) is 9.48 Å². The largest absolute Gasteiger partial charge is 0.487 e. The number of aryl methyl sites for hydroxylation is 2. The first-order valence-electron chi connectivity index (χ1n) is 15.8. The number of rotatable bonds is 22. The molecule has 1 unspecified atom stereocenters. The van der Waals surface area contributed by atoms with Crippen molar-refractivity contribution in [3.63, 3.8) is 0 Å². The van der Waals surface area contributed by atoms with Crippen molar-refractivity contribution >= 4 is 11.8 Å². The topological polar surface area (TPSA) is 104 Å². The summed E-state index contributed by atoms with van der Waals surface area (Å²) in [4.78, 5) is 37.7. The van der Waals surface area contributed by atoms with Gasteiger partial charge in [0.15, 0.2) is 0 Å². The lowest BCUT2D eigenvalue weighted by Gasteiger charge is -2.15. The Bertz CT molecular complexity index is 1140. The molecule has 2 rings (SSSR count). The van der Waals surface area contributed by atoms with E-state index in [0.717, 1.165) is 69.1 Å². The third-order valence-corrected chi connectivity index (χ3v) is 7.02. The fraction of sp³-hybridized carbons (Fsp3) is 0.688. The molecule has 1 aromatic heterocycles. The zero-order valence-electron chi connectivity index (χ0n) is 25.8. The molecule has 0 aliphatic rings. The number of anilines is 1. The second-order valence-corrected chi connectivity index (χ2v) is 10.8. The van der Waals surface area contributed by atoms with E-state index < -0.39 is 0 Å². The van der Waals surface area contributed by atoms with E-state index in [-0.39, 0.29) is 35.7 Å². The summed E-state index contributed by atoms with van der Waals surface area (Å²) in [5.74, 6) is 0.738. The lowest BCUT2D eigenvalue weighted by molar-refractivity contribution is -0.145. The fourth-order valence-electron chi connectivity index (χ4n) is 4.60. The first-order chi connectivity index (χ1) is 19.9. The van der Waals surface area contributed by atoms with E-state index in [1.165, 1.54) is 28.5 Å². The molecule has 1 heterocycles. The number of ether oxygens (including phenoxy) is 2. The van der Waals surface area contributed by atoms with Crippen molar-refractivity contribution in [1.29, 1.82) is 0 Å². The van der Waals surface area contributed by atoms with Crippen molar-refractivity contribution in [1.82, 2.24) is 14.3 Å². The normalized spacial score (nSPS) is 11.8. The van der Waals surface area contributed by atoms with E-state index >= 15 is 0 Å². The van der Waals surface area contributed by atoms with E-state index in [9.17, 15) is 14.4 Å². The number of hydrogen-bond acceptors (Lipinski definition) is 7. The molecule has 1 atom stereocenters. The van der Waals surface area contributed by atoms with E-state index in [4.69, 9.17) is 9.47 Å². The van der Waals surface area contributed by atoms with Crippen LogP contribution in [0.2, 0.25) is 0 Å². The Labute approximate surface area is 245 Å². The number of aromatic nitrogens is 3. The Balaban J connectivity index is 1.98. The average molecular weight is 573 g/mol. The highest BCUT2D eigenvalue weighted by Gasteiger charge is 2.13. The number of esters is 1. The summed E-state index contributed by atoms with van der Waals surface area (Å²) < 4.78 is 13.9. The maximum Gasteiger partial charge on any atom is 0.347 e. The van der Waals surface area contributed by atoms with Crippen LogP contribution in [0, 0.1) is 0 Å². The Kier molecular flexibility index (Phi) is 16.5. The van der Waals surface area contributed by atoms with Crippen molar-refractivity contribution in [2.24, 2.45) is 0 Å². The first kappa shape index (κ1) is 34.1. The van der Waals surface area contributed by atoms with Gasteiger partial charge < -0.3 is 14.8 Å². The van der Waals surface area contributed by atoms with Gasteiger partial charge in [-0.3, -0.25) is 14.2 Å². The molecule has 0 radical (unpaired) electrons. The molecule has 9 heteroatoms. The second-order valence-electron chi connectivity index (χ2n) is 10.8. The van der Waals surface area contributed by atoms with Crippen LogP contribution in [-0.2, 0) is 29.0 Å². The predicted molar refractivity (Wildman–Crippen MR) is 165 cm³/mol. The first-order valence-corrected chi connectivity index (χ1v) is 15.8.